The maximum atomic E-state index is 5.77. The Morgan fingerprint density at radius 2 is 1.16 bits per heavy atom. The molecule has 0 aromatic rings. The van der Waals surface area contributed by atoms with Gasteiger partial charge in [-0.15, -0.1) is 0 Å². The Bertz CT molecular complexity index is 182. The van der Waals surface area contributed by atoms with Crippen LogP contribution >= 0.6 is 0 Å². The van der Waals surface area contributed by atoms with Gasteiger partial charge >= 0.3 is 8.80 Å². The molecule has 0 unspecified atom stereocenters. The molecule has 0 aromatic heterocycles. The van der Waals surface area contributed by atoms with Crippen molar-refractivity contribution in [3.8, 4) is 0 Å². The summed E-state index contributed by atoms with van der Waals surface area (Å²) in [5.74, 6) is 0. The van der Waals surface area contributed by atoms with Crippen molar-refractivity contribution in [2.75, 3.05) is 20.3 Å². The Morgan fingerprint density at radius 3 is 1.58 bits per heavy atom. The summed E-state index contributed by atoms with van der Waals surface area (Å²) in [5, 5.41) is 0. The van der Waals surface area contributed by atoms with Gasteiger partial charge in [-0.05, 0) is 20.3 Å². The summed E-state index contributed by atoms with van der Waals surface area (Å²) in [6.07, 6.45) is 10.6. The topological polar surface area (TPSA) is 27.7 Å². The van der Waals surface area contributed by atoms with Gasteiger partial charge in [0, 0.05) is 26.4 Å². The Balaban J connectivity index is 3.68. The first-order valence-electron chi connectivity index (χ1n) is 8.07. The molecule has 0 saturated carbocycles. The van der Waals surface area contributed by atoms with Crippen molar-refractivity contribution in [3.63, 3.8) is 0 Å². The van der Waals surface area contributed by atoms with Crippen molar-refractivity contribution in [2.45, 2.75) is 78.2 Å². The molecule has 0 aliphatic carbocycles. The summed E-state index contributed by atoms with van der Waals surface area (Å²) in [4.78, 5) is 0. The minimum atomic E-state index is -2.35. The second-order valence-electron chi connectivity index (χ2n) is 4.98. The Morgan fingerprint density at radius 1 is 0.684 bits per heavy atom. The zero-order chi connectivity index (χ0) is 14.4. The van der Waals surface area contributed by atoms with E-state index in [1.54, 1.807) is 7.11 Å². The van der Waals surface area contributed by atoms with E-state index in [-0.39, 0.29) is 0 Å². The average molecular weight is 291 g/mol. The molecule has 0 rings (SSSR count). The van der Waals surface area contributed by atoms with Crippen molar-refractivity contribution in [2.24, 2.45) is 0 Å². The van der Waals surface area contributed by atoms with Crippen molar-refractivity contribution in [3.05, 3.63) is 0 Å². The number of rotatable bonds is 14. The molecule has 4 heteroatoms. The van der Waals surface area contributed by atoms with Gasteiger partial charge < -0.3 is 13.3 Å². The number of unbranched alkanes of at least 4 members (excludes halogenated alkanes) is 7. The summed E-state index contributed by atoms with van der Waals surface area (Å²) >= 11 is 0. The number of hydrogen-bond donors (Lipinski definition) is 0. The molecular weight excluding hydrogens is 256 g/mol. The Labute approximate surface area is 121 Å². The van der Waals surface area contributed by atoms with Gasteiger partial charge in [0.05, 0.1) is 0 Å². The zero-order valence-electron chi connectivity index (χ0n) is 13.5. The maximum absolute atomic E-state index is 5.77. The van der Waals surface area contributed by atoms with Crippen LogP contribution in [0.3, 0.4) is 0 Å². The van der Waals surface area contributed by atoms with Crippen LogP contribution in [0.5, 0.6) is 0 Å². The first-order valence-corrected chi connectivity index (χ1v) is 10.0. The van der Waals surface area contributed by atoms with Crippen LogP contribution in [0.15, 0.2) is 0 Å². The van der Waals surface area contributed by atoms with Gasteiger partial charge in [-0.2, -0.15) is 0 Å². The zero-order valence-corrected chi connectivity index (χ0v) is 14.5. The van der Waals surface area contributed by atoms with Gasteiger partial charge in [0.15, 0.2) is 0 Å². The SMILES string of the molecule is CCCCCCCCCC[Si](OC)(OCC)OCC. The fraction of sp³-hybridized carbons (Fsp3) is 1.00. The summed E-state index contributed by atoms with van der Waals surface area (Å²) in [6, 6.07) is 0.958. The third kappa shape index (κ3) is 9.60. The van der Waals surface area contributed by atoms with Crippen LogP contribution in [0.2, 0.25) is 6.04 Å². The van der Waals surface area contributed by atoms with Crippen LogP contribution in [0.1, 0.15) is 72.1 Å². The highest BCUT2D eigenvalue weighted by Gasteiger charge is 2.38. The molecule has 0 N–H and O–H groups in total. The minimum absolute atomic E-state index is 0.678. The van der Waals surface area contributed by atoms with Gasteiger partial charge in [0.25, 0.3) is 0 Å². The lowest BCUT2D eigenvalue weighted by molar-refractivity contribution is 0.0859. The van der Waals surface area contributed by atoms with Gasteiger partial charge in [-0.3, -0.25) is 0 Å². The predicted octanol–water partition coefficient (Wildman–Crippen LogP) is 4.79. The van der Waals surface area contributed by atoms with Crippen LogP contribution in [-0.4, -0.2) is 29.1 Å². The minimum Gasteiger partial charge on any atom is -0.377 e. The lowest BCUT2D eigenvalue weighted by atomic mass is 10.1. The largest absolute Gasteiger partial charge is 0.500 e. The fourth-order valence-electron chi connectivity index (χ4n) is 2.32. The molecule has 0 heterocycles. The van der Waals surface area contributed by atoms with Crippen LogP contribution in [0.25, 0.3) is 0 Å². The van der Waals surface area contributed by atoms with E-state index >= 15 is 0 Å². The molecule has 0 aliphatic rings. The Kier molecular flexibility index (Phi) is 13.2. The van der Waals surface area contributed by atoms with Gasteiger partial charge in [-0.25, -0.2) is 0 Å². The fourth-order valence-corrected chi connectivity index (χ4v) is 4.70. The second kappa shape index (κ2) is 13.1. The van der Waals surface area contributed by atoms with Crippen molar-refractivity contribution in [1.29, 1.82) is 0 Å². The predicted molar refractivity (Wildman–Crippen MR) is 83.4 cm³/mol. The first kappa shape index (κ1) is 19.1. The molecule has 0 amide bonds. The molecule has 0 radical (unpaired) electrons. The molecule has 0 aromatic carbocycles. The lowest BCUT2D eigenvalue weighted by Gasteiger charge is -2.27. The van der Waals surface area contributed by atoms with E-state index in [1.165, 1.54) is 44.9 Å². The molecule has 0 aliphatic heterocycles. The molecule has 116 valence electrons. The highest BCUT2D eigenvalue weighted by Crippen LogP contribution is 2.20. The van der Waals surface area contributed by atoms with E-state index in [0.29, 0.717) is 13.2 Å². The van der Waals surface area contributed by atoms with Crippen molar-refractivity contribution in [1.82, 2.24) is 0 Å². The number of hydrogen-bond acceptors (Lipinski definition) is 3. The maximum Gasteiger partial charge on any atom is 0.500 e. The summed E-state index contributed by atoms with van der Waals surface area (Å²) < 4.78 is 17.1. The highest BCUT2D eigenvalue weighted by atomic mass is 28.4. The molecule has 0 spiro atoms. The third-order valence-electron chi connectivity index (χ3n) is 3.38. The molecular formula is C15H34O3Si. The molecule has 0 bridgehead atoms. The lowest BCUT2D eigenvalue weighted by Crippen LogP contribution is -2.44. The smallest absolute Gasteiger partial charge is 0.377 e. The van der Waals surface area contributed by atoms with E-state index in [9.17, 15) is 0 Å². The van der Waals surface area contributed by atoms with E-state index in [1.807, 2.05) is 13.8 Å². The molecule has 3 nitrogen and oxygen atoms in total. The Hall–Kier alpha value is 0.0969. The summed E-state index contributed by atoms with van der Waals surface area (Å²) in [7, 11) is -0.626. The summed E-state index contributed by atoms with van der Waals surface area (Å²) in [5.41, 5.74) is 0. The quantitative estimate of drug-likeness (QED) is 0.340. The van der Waals surface area contributed by atoms with Crippen LogP contribution < -0.4 is 0 Å². The van der Waals surface area contributed by atoms with Gasteiger partial charge in [0.1, 0.15) is 0 Å². The van der Waals surface area contributed by atoms with E-state index in [2.05, 4.69) is 6.92 Å². The van der Waals surface area contributed by atoms with E-state index in [4.69, 9.17) is 13.3 Å². The van der Waals surface area contributed by atoms with Crippen molar-refractivity contribution < 1.29 is 13.3 Å². The third-order valence-corrected chi connectivity index (χ3v) is 6.42. The van der Waals surface area contributed by atoms with Crippen LogP contribution in [0, 0.1) is 0 Å². The first-order chi connectivity index (χ1) is 9.24. The van der Waals surface area contributed by atoms with Crippen LogP contribution in [-0.2, 0) is 13.3 Å². The average Bonchev–Trinajstić information content (AvgIpc) is 2.42. The monoisotopic (exact) mass is 290 g/mol. The van der Waals surface area contributed by atoms with Gasteiger partial charge in [-0.1, -0.05) is 51.9 Å². The van der Waals surface area contributed by atoms with Crippen molar-refractivity contribution >= 4 is 8.80 Å². The van der Waals surface area contributed by atoms with Gasteiger partial charge in [0.2, 0.25) is 0 Å². The molecule has 0 fully saturated rings. The standard InChI is InChI=1S/C15H34O3Si/c1-5-8-9-10-11-12-13-14-15-19(16-4,17-6-2)18-7-3/h5-15H2,1-4H3. The normalized spacial score (nSPS) is 12.0. The second-order valence-corrected chi connectivity index (χ2v) is 7.83. The summed E-state index contributed by atoms with van der Waals surface area (Å²) in [6.45, 7) is 7.63. The highest BCUT2D eigenvalue weighted by molar-refractivity contribution is 6.60. The molecule has 0 atom stereocenters. The van der Waals surface area contributed by atoms with Crippen LogP contribution in [0.4, 0.5) is 0 Å². The van der Waals surface area contributed by atoms with E-state index in [0.717, 1.165) is 12.5 Å². The van der Waals surface area contributed by atoms with E-state index < -0.39 is 8.80 Å². The molecule has 0 saturated heterocycles. The molecule has 19 heavy (non-hydrogen) atoms.